The Balaban J connectivity index is 1.87. The molecule has 1 aromatic carbocycles. The third-order valence-corrected chi connectivity index (χ3v) is 3.12. The van der Waals surface area contributed by atoms with Crippen molar-refractivity contribution in [3.63, 3.8) is 0 Å². The van der Waals surface area contributed by atoms with E-state index in [0.29, 0.717) is 18.7 Å². The minimum Gasteiger partial charge on any atom is -0.465 e. The van der Waals surface area contributed by atoms with Crippen molar-refractivity contribution in [2.45, 2.75) is 25.6 Å². The number of hydrogen-bond donors (Lipinski definition) is 1. The fraction of sp³-hybridized carbons (Fsp3) is 0.462. The summed E-state index contributed by atoms with van der Waals surface area (Å²) in [4.78, 5) is 12.1. The van der Waals surface area contributed by atoms with Crippen LogP contribution in [0.4, 0.5) is 13.6 Å². The molecule has 0 bridgehead atoms. The molecule has 1 N–H and O–H groups in total. The summed E-state index contributed by atoms with van der Waals surface area (Å²) in [5, 5.41) is 8.89. The molecule has 1 heterocycles. The maximum atomic E-state index is 13.0. The quantitative estimate of drug-likeness (QED) is 0.919. The molecule has 2 rings (SSSR count). The molecule has 1 saturated heterocycles. The fourth-order valence-electron chi connectivity index (χ4n) is 2.09. The number of carbonyl (C=O) groups is 1. The smallest absolute Gasteiger partial charge is 0.407 e. The maximum absolute atomic E-state index is 13.0. The lowest BCUT2D eigenvalue weighted by Crippen LogP contribution is -2.42. The average Bonchev–Trinajstić information content (AvgIpc) is 2.40. The molecule has 19 heavy (non-hydrogen) atoms. The second-order valence-corrected chi connectivity index (χ2v) is 4.55. The Labute approximate surface area is 109 Å². The van der Waals surface area contributed by atoms with Gasteiger partial charge in [0, 0.05) is 6.54 Å². The highest BCUT2D eigenvalue weighted by atomic mass is 19.2. The van der Waals surface area contributed by atoms with Crippen molar-refractivity contribution in [3.05, 3.63) is 35.4 Å². The molecule has 1 aromatic rings. The highest BCUT2D eigenvalue weighted by Gasteiger charge is 2.23. The van der Waals surface area contributed by atoms with E-state index in [9.17, 15) is 13.6 Å². The summed E-state index contributed by atoms with van der Waals surface area (Å²) in [6, 6.07) is 3.60. The molecule has 1 unspecified atom stereocenters. The molecule has 0 spiro atoms. The Hall–Kier alpha value is -1.69. The summed E-state index contributed by atoms with van der Waals surface area (Å²) >= 11 is 0. The Morgan fingerprint density at radius 1 is 1.42 bits per heavy atom. The molecular formula is C13H15F2NO3. The minimum atomic E-state index is -0.957. The molecular weight excluding hydrogens is 256 g/mol. The first-order valence-corrected chi connectivity index (χ1v) is 6.09. The van der Waals surface area contributed by atoms with E-state index in [2.05, 4.69) is 0 Å². The van der Waals surface area contributed by atoms with Crippen molar-refractivity contribution >= 4 is 6.09 Å². The number of halogens is 2. The van der Waals surface area contributed by atoms with Crippen molar-refractivity contribution in [3.8, 4) is 0 Å². The van der Waals surface area contributed by atoms with Crippen LogP contribution in [0, 0.1) is 11.6 Å². The Kier molecular flexibility index (Phi) is 4.31. The van der Waals surface area contributed by atoms with Gasteiger partial charge in [0.2, 0.25) is 0 Å². The van der Waals surface area contributed by atoms with Gasteiger partial charge in [-0.25, -0.2) is 13.6 Å². The van der Waals surface area contributed by atoms with Crippen LogP contribution < -0.4 is 0 Å². The lowest BCUT2D eigenvalue weighted by Gasteiger charge is -2.30. The summed E-state index contributed by atoms with van der Waals surface area (Å²) in [5.74, 6) is -1.80. The number of rotatable bonds is 3. The van der Waals surface area contributed by atoms with Gasteiger partial charge < -0.3 is 14.7 Å². The molecule has 4 nitrogen and oxygen atoms in total. The molecule has 104 valence electrons. The van der Waals surface area contributed by atoms with Gasteiger partial charge in [-0.2, -0.15) is 0 Å². The Morgan fingerprint density at radius 3 is 2.89 bits per heavy atom. The van der Waals surface area contributed by atoms with E-state index >= 15 is 0 Å². The number of hydrogen-bond acceptors (Lipinski definition) is 2. The molecule has 1 aliphatic rings. The van der Waals surface area contributed by atoms with Gasteiger partial charge in [-0.15, -0.1) is 0 Å². The van der Waals surface area contributed by atoms with Crippen molar-refractivity contribution < 1.29 is 23.4 Å². The second kappa shape index (κ2) is 5.97. The van der Waals surface area contributed by atoms with Crippen LogP contribution in [0.5, 0.6) is 0 Å². The first-order valence-electron chi connectivity index (χ1n) is 6.09. The molecule has 0 radical (unpaired) electrons. The van der Waals surface area contributed by atoms with E-state index in [-0.39, 0.29) is 12.7 Å². The molecule has 1 fully saturated rings. The number of ether oxygens (including phenoxy) is 1. The molecule has 1 aliphatic heterocycles. The van der Waals surface area contributed by atoms with E-state index in [1.165, 1.54) is 11.0 Å². The number of benzene rings is 1. The van der Waals surface area contributed by atoms with Gasteiger partial charge in [-0.3, -0.25) is 0 Å². The average molecular weight is 271 g/mol. The Bertz CT molecular complexity index is 467. The summed E-state index contributed by atoms with van der Waals surface area (Å²) in [5.41, 5.74) is 0.534. The highest BCUT2D eigenvalue weighted by molar-refractivity contribution is 5.65. The lowest BCUT2D eigenvalue weighted by molar-refractivity contribution is -0.00620. The summed E-state index contributed by atoms with van der Waals surface area (Å²) in [6.45, 7) is 0.981. The largest absolute Gasteiger partial charge is 0.465 e. The maximum Gasteiger partial charge on any atom is 0.407 e. The van der Waals surface area contributed by atoms with Crippen molar-refractivity contribution in [2.24, 2.45) is 0 Å². The van der Waals surface area contributed by atoms with Crippen molar-refractivity contribution in [1.29, 1.82) is 0 Å². The van der Waals surface area contributed by atoms with Crippen LogP contribution in [0.1, 0.15) is 18.4 Å². The van der Waals surface area contributed by atoms with Crippen molar-refractivity contribution in [1.82, 2.24) is 4.90 Å². The van der Waals surface area contributed by atoms with Crippen molar-refractivity contribution in [2.75, 3.05) is 13.1 Å². The van der Waals surface area contributed by atoms with E-state index in [0.717, 1.165) is 25.0 Å². The zero-order chi connectivity index (χ0) is 13.8. The number of piperidine rings is 1. The monoisotopic (exact) mass is 271 g/mol. The fourth-order valence-corrected chi connectivity index (χ4v) is 2.09. The summed E-state index contributed by atoms with van der Waals surface area (Å²) < 4.78 is 31.3. The number of amides is 1. The predicted octanol–water partition coefficient (Wildman–Crippen LogP) is 2.62. The van der Waals surface area contributed by atoms with Gasteiger partial charge in [-0.05, 0) is 30.5 Å². The summed E-state index contributed by atoms with van der Waals surface area (Å²) in [7, 11) is 0. The topological polar surface area (TPSA) is 49.8 Å². The number of likely N-dealkylation sites (tertiary alicyclic amines) is 1. The minimum absolute atomic E-state index is 0.148. The van der Waals surface area contributed by atoms with Crippen LogP contribution in [-0.4, -0.2) is 35.3 Å². The van der Waals surface area contributed by atoms with Crippen LogP contribution >= 0.6 is 0 Å². The SMILES string of the molecule is O=C(O)N1CCCC(OCc2ccc(F)c(F)c2)C1. The predicted molar refractivity (Wildman–Crippen MR) is 63.8 cm³/mol. The van der Waals surface area contributed by atoms with Crippen LogP contribution in [0.15, 0.2) is 18.2 Å². The molecule has 1 atom stereocenters. The van der Waals surface area contributed by atoms with Gasteiger partial charge >= 0.3 is 6.09 Å². The van der Waals surface area contributed by atoms with E-state index in [1.54, 1.807) is 0 Å². The lowest BCUT2D eigenvalue weighted by atomic mass is 10.1. The van der Waals surface area contributed by atoms with Crippen LogP contribution in [-0.2, 0) is 11.3 Å². The number of carboxylic acid groups (broad SMARTS) is 1. The van der Waals surface area contributed by atoms with Crippen LogP contribution in [0.2, 0.25) is 0 Å². The van der Waals surface area contributed by atoms with Gasteiger partial charge in [0.15, 0.2) is 11.6 Å². The van der Waals surface area contributed by atoms with E-state index in [1.807, 2.05) is 0 Å². The van der Waals surface area contributed by atoms with Gasteiger partial charge in [0.05, 0.1) is 19.3 Å². The first kappa shape index (κ1) is 13.7. The number of nitrogens with zero attached hydrogens (tertiary/aromatic N) is 1. The second-order valence-electron chi connectivity index (χ2n) is 4.55. The first-order chi connectivity index (χ1) is 9.06. The molecule has 0 aliphatic carbocycles. The summed E-state index contributed by atoms with van der Waals surface area (Å²) in [6.07, 6.45) is 0.362. The zero-order valence-corrected chi connectivity index (χ0v) is 10.3. The standard InChI is InChI=1S/C13H15F2NO3/c14-11-4-3-9(6-12(11)15)8-19-10-2-1-5-16(7-10)13(17)18/h3-4,6,10H,1-2,5,7-8H2,(H,17,18). The van der Waals surface area contributed by atoms with E-state index < -0.39 is 17.7 Å². The van der Waals surface area contributed by atoms with E-state index in [4.69, 9.17) is 9.84 Å². The van der Waals surface area contributed by atoms with Crippen LogP contribution in [0.25, 0.3) is 0 Å². The molecule has 6 heteroatoms. The Morgan fingerprint density at radius 2 is 2.21 bits per heavy atom. The third-order valence-electron chi connectivity index (χ3n) is 3.12. The van der Waals surface area contributed by atoms with Crippen LogP contribution in [0.3, 0.4) is 0 Å². The van der Waals surface area contributed by atoms with Gasteiger partial charge in [0.1, 0.15) is 0 Å². The normalized spacial score (nSPS) is 19.5. The molecule has 0 aromatic heterocycles. The molecule has 1 amide bonds. The highest BCUT2D eigenvalue weighted by Crippen LogP contribution is 2.16. The zero-order valence-electron chi connectivity index (χ0n) is 10.3. The third kappa shape index (κ3) is 3.64. The van der Waals surface area contributed by atoms with Gasteiger partial charge in [-0.1, -0.05) is 6.07 Å². The van der Waals surface area contributed by atoms with Gasteiger partial charge in [0.25, 0.3) is 0 Å². The molecule has 0 saturated carbocycles.